The van der Waals surface area contributed by atoms with Gasteiger partial charge >= 0.3 is 0 Å². The number of piperazine rings is 1. The molecule has 4 heterocycles. The van der Waals surface area contributed by atoms with Crippen molar-refractivity contribution in [1.29, 1.82) is 0 Å². The highest BCUT2D eigenvalue weighted by Crippen LogP contribution is 2.32. The van der Waals surface area contributed by atoms with Gasteiger partial charge in [0.25, 0.3) is 0 Å². The monoisotopic (exact) mass is 426 g/mol. The van der Waals surface area contributed by atoms with Crippen LogP contribution in [0, 0.1) is 6.92 Å². The first kappa shape index (κ1) is 18.9. The predicted octanol–water partition coefficient (Wildman–Crippen LogP) is 4.06. The van der Waals surface area contributed by atoms with Gasteiger partial charge in [-0.3, -0.25) is 4.90 Å². The summed E-state index contributed by atoms with van der Waals surface area (Å²) < 4.78 is 11.6. The smallest absolute Gasteiger partial charge is 0.241 e. The van der Waals surface area contributed by atoms with E-state index in [0.717, 1.165) is 59.6 Å². The lowest BCUT2D eigenvalue weighted by molar-refractivity contribution is 0.215. The van der Waals surface area contributed by atoms with E-state index in [9.17, 15) is 0 Å². The van der Waals surface area contributed by atoms with Gasteiger partial charge in [-0.1, -0.05) is 47.1 Å². The lowest BCUT2D eigenvalue weighted by atomic mass is 10.1. The van der Waals surface area contributed by atoms with E-state index in [1.807, 2.05) is 36.4 Å². The lowest BCUT2D eigenvalue weighted by Crippen LogP contribution is -2.46. The average Bonchev–Trinajstić information content (AvgIpc) is 3.45. The third-order valence-electron chi connectivity index (χ3n) is 5.95. The van der Waals surface area contributed by atoms with Gasteiger partial charge in [0, 0.05) is 37.1 Å². The summed E-state index contributed by atoms with van der Waals surface area (Å²) in [5.41, 5.74) is 4.63. The standard InChI is InChI=1S/C24H22N6O2/c1-16-6-8-17(9-7-16)23-27-20(32-28-23)14-29-10-12-30(13-11-29)24-22-21(25-15-26-24)18-4-2-3-5-19(18)31-22/h2-9,15H,10-14H2,1H3. The first-order valence-electron chi connectivity index (χ1n) is 10.7. The van der Waals surface area contributed by atoms with Gasteiger partial charge < -0.3 is 13.8 Å². The molecule has 0 N–H and O–H groups in total. The predicted molar refractivity (Wildman–Crippen MR) is 121 cm³/mol. The Morgan fingerprint density at radius 2 is 1.75 bits per heavy atom. The number of aromatic nitrogens is 4. The highest BCUT2D eigenvalue weighted by atomic mass is 16.5. The summed E-state index contributed by atoms with van der Waals surface area (Å²) in [5.74, 6) is 2.12. The van der Waals surface area contributed by atoms with Gasteiger partial charge in [0.1, 0.15) is 17.4 Å². The van der Waals surface area contributed by atoms with Gasteiger partial charge in [0.05, 0.1) is 6.54 Å². The van der Waals surface area contributed by atoms with Crippen LogP contribution in [0.3, 0.4) is 0 Å². The molecule has 32 heavy (non-hydrogen) atoms. The molecule has 0 saturated carbocycles. The number of benzene rings is 2. The van der Waals surface area contributed by atoms with Crippen LogP contribution in [-0.4, -0.2) is 51.2 Å². The first-order chi connectivity index (χ1) is 15.7. The van der Waals surface area contributed by atoms with E-state index in [0.29, 0.717) is 18.3 Å². The average molecular weight is 426 g/mol. The van der Waals surface area contributed by atoms with Gasteiger partial charge in [-0.15, -0.1) is 0 Å². The SMILES string of the molecule is Cc1ccc(-c2noc(CN3CCN(c4ncnc5c4oc4ccccc45)CC3)n2)cc1. The van der Waals surface area contributed by atoms with Crippen LogP contribution >= 0.6 is 0 Å². The summed E-state index contributed by atoms with van der Waals surface area (Å²) in [6, 6.07) is 16.1. The quantitative estimate of drug-likeness (QED) is 0.425. The summed E-state index contributed by atoms with van der Waals surface area (Å²) in [5, 5.41) is 5.17. The molecular formula is C24H22N6O2. The highest BCUT2D eigenvalue weighted by molar-refractivity contribution is 6.05. The molecular weight excluding hydrogens is 404 g/mol. The van der Waals surface area contributed by atoms with E-state index in [4.69, 9.17) is 8.94 Å². The number of fused-ring (bicyclic) bond motifs is 3. The van der Waals surface area contributed by atoms with Crippen molar-refractivity contribution in [3.63, 3.8) is 0 Å². The summed E-state index contributed by atoms with van der Waals surface area (Å²) >= 11 is 0. The van der Waals surface area contributed by atoms with Crippen molar-refractivity contribution in [2.24, 2.45) is 0 Å². The number of rotatable bonds is 4. The topological polar surface area (TPSA) is 84.3 Å². The van der Waals surface area contributed by atoms with Crippen LogP contribution in [-0.2, 0) is 6.54 Å². The van der Waals surface area contributed by atoms with E-state index in [-0.39, 0.29) is 0 Å². The molecule has 0 spiro atoms. The number of nitrogens with zero attached hydrogens (tertiary/aromatic N) is 6. The van der Waals surface area contributed by atoms with Crippen molar-refractivity contribution >= 4 is 27.9 Å². The minimum absolute atomic E-state index is 0.631. The Morgan fingerprint density at radius 1 is 0.938 bits per heavy atom. The molecule has 0 amide bonds. The second-order valence-electron chi connectivity index (χ2n) is 8.11. The first-order valence-corrected chi connectivity index (χ1v) is 10.7. The minimum Gasteiger partial charge on any atom is -0.450 e. The number of para-hydroxylation sites is 1. The molecule has 160 valence electrons. The van der Waals surface area contributed by atoms with Crippen LogP contribution in [0.4, 0.5) is 5.82 Å². The van der Waals surface area contributed by atoms with Crippen molar-refractivity contribution in [3.05, 3.63) is 66.3 Å². The number of hydrogen-bond acceptors (Lipinski definition) is 8. The molecule has 0 radical (unpaired) electrons. The second-order valence-corrected chi connectivity index (χ2v) is 8.11. The minimum atomic E-state index is 0.631. The molecule has 0 bridgehead atoms. The van der Waals surface area contributed by atoms with Crippen LogP contribution in [0.2, 0.25) is 0 Å². The fraction of sp³-hybridized carbons (Fsp3) is 0.250. The van der Waals surface area contributed by atoms with Crippen LogP contribution < -0.4 is 4.90 Å². The van der Waals surface area contributed by atoms with Crippen molar-refractivity contribution in [3.8, 4) is 11.4 Å². The van der Waals surface area contributed by atoms with Crippen LogP contribution in [0.5, 0.6) is 0 Å². The molecule has 0 unspecified atom stereocenters. The van der Waals surface area contributed by atoms with E-state index in [1.54, 1.807) is 6.33 Å². The molecule has 1 saturated heterocycles. The Bertz CT molecular complexity index is 1380. The highest BCUT2D eigenvalue weighted by Gasteiger charge is 2.24. The summed E-state index contributed by atoms with van der Waals surface area (Å²) in [7, 11) is 0. The van der Waals surface area contributed by atoms with Crippen molar-refractivity contribution < 1.29 is 8.94 Å². The van der Waals surface area contributed by atoms with Crippen LogP contribution in [0.15, 0.2) is 63.8 Å². The van der Waals surface area contributed by atoms with Crippen LogP contribution in [0.25, 0.3) is 33.5 Å². The molecule has 6 rings (SSSR count). The molecule has 5 aromatic rings. The van der Waals surface area contributed by atoms with Gasteiger partial charge in [-0.2, -0.15) is 4.98 Å². The van der Waals surface area contributed by atoms with E-state index < -0.39 is 0 Å². The zero-order valence-electron chi connectivity index (χ0n) is 17.7. The maximum atomic E-state index is 6.10. The molecule has 8 nitrogen and oxygen atoms in total. The number of aryl methyl sites for hydroxylation is 1. The second kappa shape index (κ2) is 7.72. The number of furan rings is 1. The Kier molecular flexibility index (Phi) is 4.57. The maximum absolute atomic E-state index is 6.10. The summed E-state index contributed by atoms with van der Waals surface area (Å²) in [6.45, 7) is 6.11. The molecule has 0 atom stereocenters. The van der Waals surface area contributed by atoms with E-state index >= 15 is 0 Å². The molecule has 0 aliphatic carbocycles. The Hall–Kier alpha value is -3.78. The molecule has 2 aromatic carbocycles. The third kappa shape index (κ3) is 3.38. The van der Waals surface area contributed by atoms with Crippen molar-refractivity contribution in [2.45, 2.75) is 13.5 Å². The largest absolute Gasteiger partial charge is 0.450 e. The Morgan fingerprint density at radius 3 is 2.59 bits per heavy atom. The van der Waals surface area contributed by atoms with Crippen molar-refractivity contribution in [1.82, 2.24) is 25.0 Å². The third-order valence-corrected chi connectivity index (χ3v) is 5.95. The van der Waals surface area contributed by atoms with Crippen LogP contribution in [0.1, 0.15) is 11.5 Å². The number of hydrogen-bond donors (Lipinski definition) is 0. The zero-order valence-corrected chi connectivity index (χ0v) is 17.7. The fourth-order valence-corrected chi connectivity index (χ4v) is 4.18. The van der Waals surface area contributed by atoms with Gasteiger partial charge in [0.15, 0.2) is 11.4 Å². The van der Waals surface area contributed by atoms with E-state index in [1.165, 1.54) is 5.56 Å². The zero-order chi connectivity index (χ0) is 21.5. The van der Waals surface area contributed by atoms with E-state index in [2.05, 4.69) is 49.0 Å². The van der Waals surface area contributed by atoms with Gasteiger partial charge in [-0.25, -0.2) is 9.97 Å². The fourth-order valence-electron chi connectivity index (χ4n) is 4.18. The molecule has 1 aliphatic heterocycles. The molecule has 1 aliphatic rings. The lowest BCUT2D eigenvalue weighted by Gasteiger charge is -2.34. The Balaban J connectivity index is 1.15. The van der Waals surface area contributed by atoms with Crippen molar-refractivity contribution in [2.75, 3.05) is 31.1 Å². The number of anilines is 1. The molecule has 3 aromatic heterocycles. The Labute approximate surface area is 184 Å². The normalized spacial score (nSPS) is 15.1. The maximum Gasteiger partial charge on any atom is 0.241 e. The molecule has 8 heteroatoms. The van der Waals surface area contributed by atoms with Gasteiger partial charge in [0.2, 0.25) is 11.7 Å². The summed E-state index contributed by atoms with van der Waals surface area (Å²) in [4.78, 5) is 18.2. The van der Waals surface area contributed by atoms with Gasteiger partial charge in [-0.05, 0) is 19.1 Å². The molecule has 1 fully saturated rings. The summed E-state index contributed by atoms with van der Waals surface area (Å²) in [6.07, 6.45) is 1.62.